The second-order valence-corrected chi connectivity index (χ2v) is 4.78. The van der Waals surface area contributed by atoms with Crippen molar-refractivity contribution >= 4 is 31.9 Å². The third-order valence-corrected chi connectivity index (χ3v) is 3.48. The third kappa shape index (κ3) is 2.14. The molecule has 0 bridgehead atoms. The highest BCUT2D eigenvalue weighted by Crippen LogP contribution is 2.29. The quantitative estimate of drug-likeness (QED) is 0.889. The van der Waals surface area contributed by atoms with E-state index in [2.05, 4.69) is 42.1 Å². The van der Waals surface area contributed by atoms with E-state index in [1.54, 1.807) is 0 Å². The maximum absolute atomic E-state index is 5.56. The van der Waals surface area contributed by atoms with Crippen LogP contribution in [0.2, 0.25) is 0 Å². The van der Waals surface area contributed by atoms with Gasteiger partial charge >= 0.3 is 0 Å². The smallest absolute Gasteiger partial charge is 0.107 e. The molecule has 0 saturated heterocycles. The molecule has 0 amide bonds. The van der Waals surface area contributed by atoms with E-state index in [1.807, 2.05) is 24.3 Å². The van der Waals surface area contributed by atoms with Gasteiger partial charge in [-0.25, -0.2) is 0 Å². The van der Waals surface area contributed by atoms with Crippen molar-refractivity contribution in [1.29, 1.82) is 0 Å². The number of nitrogens with two attached hydrogens (primary N) is 1. The number of H-pyrrole nitrogens is 1. The Labute approximate surface area is 104 Å². The highest BCUT2D eigenvalue weighted by atomic mass is 79.9. The monoisotopic (exact) mass is 329 g/mol. The van der Waals surface area contributed by atoms with Gasteiger partial charge in [0.1, 0.15) is 5.69 Å². The SMILES string of the molecule is NCc1[nH]nc(-c2ccc(Br)cc2)c1Br. The first-order chi connectivity index (χ1) is 7.22. The number of benzene rings is 1. The summed E-state index contributed by atoms with van der Waals surface area (Å²) in [5.74, 6) is 0. The van der Waals surface area contributed by atoms with Gasteiger partial charge in [-0.05, 0) is 28.1 Å². The number of nitrogens with zero attached hydrogens (tertiary/aromatic N) is 1. The van der Waals surface area contributed by atoms with Crippen molar-refractivity contribution in [2.24, 2.45) is 5.73 Å². The molecule has 0 aliphatic heterocycles. The molecule has 0 atom stereocenters. The Hall–Kier alpha value is -0.650. The lowest BCUT2D eigenvalue weighted by atomic mass is 10.1. The summed E-state index contributed by atoms with van der Waals surface area (Å²) < 4.78 is 1.99. The lowest BCUT2D eigenvalue weighted by Crippen LogP contribution is -1.96. The van der Waals surface area contributed by atoms with Crippen molar-refractivity contribution in [1.82, 2.24) is 10.2 Å². The zero-order valence-corrected chi connectivity index (χ0v) is 11.0. The van der Waals surface area contributed by atoms with Gasteiger partial charge in [-0.2, -0.15) is 5.10 Å². The molecule has 0 aliphatic rings. The zero-order valence-electron chi connectivity index (χ0n) is 7.80. The first kappa shape index (κ1) is 10.9. The van der Waals surface area contributed by atoms with Crippen LogP contribution in [0.5, 0.6) is 0 Å². The van der Waals surface area contributed by atoms with Gasteiger partial charge in [-0.3, -0.25) is 5.10 Å². The summed E-state index contributed by atoms with van der Waals surface area (Å²) in [6.45, 7) is 0.449. The first-order valence-electron chi connectivity index (χ1n) is 4.41. The normalized spacial score (nSPS) is 10.6. The van der Waals surface area contributed by atoms with Crippen LogP contribution in [-0.4, -0.2) is 10.2 Å². The molecule has 5 heteroatoms. The number of aromatic nitrogens is 2. The summed E-state index contributed by atoms with van der Waals surface area (Å²) in [6.07, 6.45) is 0. The van der Waals surface area contributed by atoms with Crippen LogP contribution >= 0.6 is 31.9 Å². The van der Waals surface area contributed by atoms with Crippen molar-refractivity contribution in [3.05, 3.63) is 38.9 Å². The lowest BCUT2D eigenvalue weighted by Gasteiger charge is -1.98. The molecule has 0 aliphatic carbocycles. The zero-order chi connectivity index (χ0) is 10.8. The average Bonchev–Trinajstić information content (AvgIpc) is 2.61. The van der Waals surface area contributed by atoms with E-state index in [9.17, 15) is 0 Å². The number of hydrogen-bond donors (Lipinski definition) is 2. The van der Waals surface area contributed by atoms with Crippen LogP contribution in [-0.2, 0) is 6.54 Å². The van der Waals surface area contributed by atoms with Gasteiger partial charge in [0.05, 0.1) is 10.2 Å². The highest BCUT2D eigenvalue weighted by Gasteiger charge is 2.10. The maximum atomic E-state index is 5.56. The highest BCUT2D eigenvalue weighted by molar-refractivity contribution is 9.10. The molecule has 1 aromatic heterocycles. The molecule has 78 valence electrons. The molecule has 3 N–H and O–H groups in total. The van der Waals surface area contributed by atoms with E-state index in [4.69, 9.17) is 5.73 Å². The fourth-order valence-corrected chi connectivity index (χ4v) is 2.13. The molecule has 1 heterocycles. The summed E-state index contributed by atoms with van der Waals surface area (Å²) >= 11 is 6.88. The Morgan fingerprint density at radius 1 is 1.20 bits per heavy atom. The number of hydrogen-bond acceptors (Lipinski definition) is 2. The Kier molecular flexibility index (Phi) is 3.23. The van der Waals surface area contributed by atoms with E-state index < -0.39 is 0 Å². The largest absolute Gasteiger partial charge is 0.325 e. The summed E-state index contributed by atoms with van der Waals surface area (Å²) in [5.41, 5.74) is 8.42. The molecule has 0 spiro atoms. The van der Waals surface area contributed by atoms with Crippen LogP contribution < -0.4 is 5.73 Å². The Morgan fingerprint density at radius 2 is 1.87 bits per heavy atom. The second-order valence-electron chi connectivity index (χ2n) is 3.08. The first-order valence-corrected chi connectivity index (χ1v) is 5.99. The Bertz CT molecular complexity index is 462. The Balaban J connectivity index is 2.45. The molecule has 1 aromatic carbocycles. The fourth-order valence-electron chi connectivity index (χ4n) is 1.30. The van der Waals surface area contributed by atoms with Crippen molar-refractivity contribution in [3.63, 3.8) is 0 Å². The van der Waals surface area contributed by atoms with Crippen LogP contribution in [0.4, 0.5) is 0 Å². The summed E-state index contributed by atoms with van der Waals surface area (Å²) in [4.78, 5) is 0. The maximum Gasteiger partial charge on any atom is 0.107 e. The van der Waals surface area contributed by atoms with Crippen molar-refractivity contribution in [2.75, 3.05) is 0 Å². The van der Waals surface area contributed by atoms with Gasteiger partial charge in [0, 0.05) is 16.6 Å². The molecule has 0 saturated carbocycles. The molecule has 15 heavy (non-hydrogen) atoms. The summed E-state index contributed by atoms with van der Waals surface area (Å²) in [5, 5.41) is 7.12. The van der Waals surface area contributed by atoms with Crippen molar-refractivity contribution in [2.45, 2.75) is 6.54 Å². The molecule has 0 radical (unpaired) electrons. The average molecular weight is 331 g/mol. The number of rotatable bonds is 2. The summed E-state index contributed by atoms with van der Waals surface area (Å²) in [7, 11) is 0. The predicted octanol–water partition coefficient (Wildman–Crippen LogP) is 3.06. The molecule has 0 fully saturated rings. The topological polar surface area (TPSA) is 54.7 Å². The molecular formula is C10H9Br2N3. The van der Waals surface area contributed by atoms with Crippen LogP contribution in [0.25, 0.3) is 11.3 Å². The standard InChI is InChI=1S/C10H9Br2N3/c11-7-3-1-6(2-4-7)10-9(12)8(5-13)14-15-10/h1-4H,5,13H2,(H,14,15). The molecule has 3 nitrogen and oxygen atoms in total. The van der Waals surface area contributed by atoms with Gasteiger partial charge in [-0.1, -0.05) is 28.1 Å². The second kappa shape index (κ2) is 4.47. The summed E-state index contributed by atoms with van der Waals surface area (Å²) in [6, 6.07) is 7.98. The van der Waals surface area contributed by atoms with Gasteiger partial charge in [0.15, 0.2) is 0 Å². The molecular weight excluding hydrogens is 322 g/mol. The number of aromatic amines is 1. The van der Waals surface area contributed by atoms with Crippen LogP contribution in [0.3, 0.4) is 0 Å². The van der Waals surface area contributed by atoms with E-state index in [-0.39, 0.29) is 0 Å². The van der Waals surface area contributed by atoms with Crippen molar-refractivity contribution < 1.29 is 0 Å². The third-order valence-electron chi connectivity index (χ3n) is 2.10. The van der Waals surface area contributed by atoms with E-state index in [0.29, 0.717) is 6.54 Å². The van der Waals surface area contributed by atoms with Crippen LogP contribution in [0, 0.1) is 0 Å². The molecule has 2 rings (SSSR count). The van der Waals surface area contributed by atoms with Gasteiger partial charge in [-0.15, -0.1) is 0 Å². The number of halogens is 2. The minimum absolute atomic E-state index is 0.449. The van der Waals surface area contributed by atoms with Crippen molar-refractivity contribution in [3.8, 4) is 11.3 Å². The predicted molar refractivity (Wildman–Crippen MR) is 67.3 cm³/mol. The van der Waals surface area contributed by atoms with E-state index in [1.165, 1.54) is 0 Å². The van der Waals surface area contributed by atoms with Gasteiger partial charge in [0.2, 0.25) is 0 Å². The number of nitrogens with one attached hydrogen (secondary N) is 1. The molecule has 2 aromatic rings. The minimum atomic E-state index is 0.449. The fraction of sp³-hybridized carbons (Fsp3) is 0.100. The minimum Gasteiger partial charge on any atom is -0.325 e. The Morgan fingerprint density at radius 3 is 2.40 bits per heavy atom. The molecule has 0 unspecified atom stereocenters. The van der Waals surface area contributed by atoms with E-state index in [0.717, 1.165) is 25.9 Å². The lowest BCUT2D eigenvalue weighted by molar-refractivity contribution is 0.945. The van der Waals surface area contributed by atoms with Gasteiger partial charge in [0.25, 0.3) is 0 Å². The van der Waals surface area contributed by atoms with Gasteiger partial charge < -0.3 is 5.73 Å². The van der Waals surface area contributed by atoms with Crippen LogP contribution in [0.1, 0.15) is 5.69 Å². The van der Waals surface area contributed by atoms with E-state index >= 15 is 0 Å². The van der Waals surface area contributed by atoms with Crippen LogP contribution in [0.15, 0.2) is 33.2 Å².